The normalized spacial score (nSPS) is 11.1. The molecule has 0 radical (unpaired) electrons. The summed E-state index contributed by atoms with van der Waals surface area (Å²) in [4.78, 5) is 8.66. The van der Waals surface area contributed by atoms with Crippen LogP contribution < -0.4 is 5.32 Å². The van der Waals surface area contributed by atoms with Gasteiger partial charge < -0.3 is 10.4 Å². The summed E-state index contributed by atoms with van der Waals surface area (Å²) in [6.45, 7) is 6.19. The second-order valence-corrected chi connectivity index (χ2v) is 7.21. The van der Waals surface area contributed by atoms with Crippen molar-refractivity contribution in [3.8, 4) is 17.1 Å². The molecule has 8 nitrogen and oxygen atoms in total. The number of aliphatic hydroxyl groups excluding tert-OH is 1. The fourth-order valence-electron chi connectivity index (χ4n) is 3.64. The first-order valence-electron chi connectivity index (χ1n) is 10.1. The zero-order chi connectivity index (χ0) is 22.0. The lowest BCUT2D eigenvalue weighted by Crippen LogP contribution is -2.07. The van der Waals surface area contributed by atoms with Gasteiger partial charge in [0, 0.05) is 22.9 Å². The van der Waals surface area contributed by atoms with E-state index in [1.54, 1.807) is 21.5 Å². The molecule has 0 aliphatic carbocycles. The summed E-state index contributed by atoms with van der Waals surface area (Å²) in [6, 6.07) is 10.1. The summed E-state index contributed by atoms with van der Waals surface area (Å²) in [5.74, 6) is 1.56. The summed E-state index contributed by atoms with van der Waals surface area (Å²) < 4.78 is 16.9. The van der Waals surface area contributed by atoms with Crippen molar-refractivity contribution in [1.82, 2.24) is 29.5 Å². The number of aryl methyl sites for hydroxylation is 2. The zero-order valence-electron chi connectivity index (χ0n) is 17.7. The van der Waals surface area contributed by atoms with Gasteiger partial charge in [-0.15, -0.1) is 0 Å². The van der Waals surface area contributed by atoms with Crippen LogP contribution in [0.4, 0.5) is 16.0 Å². The number of aliphatic hydroxyl groups is 1. The number of rotatable bonds is 7. The van der Waals surface area contributed by atoms with E-state index >= 15 is 0 Å². The average molecular weight is 421 g/mol. The summed E-state index contributed by atoms with van der Waals surface area (Å²) in [5.41, 5.74) is 4.50. The number of benzene rings is 1. The van der Waals surface area contributed by atoms with Gasteiger partial charge in [-0.25, -0.2) is 19.0 Å². The van der Waals surface area contributed by atoms with Crippen LogP contribution in [0.3, 0.4) is 0 Å². The van der Waals surface area contributed by atoms with Crippen LogP contribution in [0.1, 0.15) is 23.9 Å². The topological polar surface area (TPSA) is 93.7 Å². The van der Waals surface area contributed by atoms with Gasteiger partial charge in [0.2, 0.25) is 0 Å². The third-order valence-corrected chi connectivity index (χ3v) is 4.96. The fraction of sp³-hybridized carbons (Fsp3) is 0.273. The van der Waals surface area contributed by atoms with Crippen LogP contribution in [-0.4, -0.2) is 41.2 Å². The van der Waals surface area contributed by atoms with Crippen LogP contribution in [0.2, 0.25) is 0 Å². The number of nitrogens with one attached hydrogen (secondary N) is 1. The highest BCUT2D eigenvalue weighted by atomic mass is 19.1. The maximum Gasteiger partial charge on any atom is 0.159 e. The first-order chi connectivity index (χ1) is 15.0. The number of halogens is 1. The van der Waals surface area contributed by atoms with Gasteiger partial charge in [0.05, 0.1) is 24.5 Å². The summed E-state index contributed by atoms with van der Waals surface area (Å²) in [7, 11) is 0. The molecule has 4 aromatic rings. The van der Waals surface area contributed by atoms with Crippen LogP contribution in [0, 0.1) is 19.7 Å². The smallest absolute Gasteiger partial charge is 0.159 e. The first kappa shape index (κ1) is 20.7. The summed E-state index contributed by atoms with van der Waals surface area (Å²) in [5, 5.41) is 21.9. The number of hydrogen-bond donors (Lipinski definition) is 2. The molecule has 0 aliphatic rings. The molecule has 2 N–H and O–H groups in total. The molecule has 0 atom stereocenters. The molecule has 0 aliphatic heterocycles. The van der Waals surface area contributed by atoms with Gasteiger partial charge in [-0.3, -0.25) is 4.68 Å². The lowest BCUT2D eigenvalue weighted by atomic mass is 10.1. The van der Waals surface area contributed by atoms with E-state index in [0.717, 1.165) is 28.2 Å². The molecule has 0 spiro atoms. The Morgan fingerprint density at radius 3 is 2.48 bits per heavy atom. The molecular formula is C22H24FN7O. The highest BCUT2D eigenvalue weighted by Crippen LogP contribution is 2.31. The molecule has 160 valence electrons. The first-order valence-corrected chi connectivity index (χ1v) is 10.1. The predicted molar refractivity (Wildman–Crippen MR) is 116 cm³/mol. The zero-order valence-corrected chi connectivity index (χ0v) is 17.7. The monoisotopic (exact) mass is 421 g/mol. The largest absolute Gasteiger partial charge is 0.394 e. The Bertz CT molecular complexity index is 1200. The molecule has 0 amide bonds. The summed E-state index contributed by atoms with van der Waals surface area (Å²) >= 11 is 0. The van der Waals surface area contributed by atoms with Crippen LogP contribution in [0.5, 0.6) is 0 Å². The highest BCUT2D eigenvalue weighted by Gasteiger charge is 2.19. The number of hydrogen-bond acceptors (Lipinski definition) is 6. The van der Waals surface area contributed by atoms with E-state index < -0.39 is 0 Å². The second kappa shape index (κ2) is 8.65. The van der Waals surface area contributed by atoms with Crippen molar-refractivity contribution in [2.45, 2.75) is 33.7 Å². The van der Waals surface area contributed by atoms with E-state index in [-0.39, 0.29) is 12.4 Å². The van der Waals surface area contributed by atoms with Gasteiger partial charge >= 0.3 is 0 Å². The van der Waals surface area contributed by atoms with Crippen LogP contribution in [0.25, 0.3) is 17.1 Å². The molecule has 0 saturated carbocycles. The Morgan fingerprint density at radius 2 is 1.84 bits per heavy atom. The molecule has 3 heterocycles. The van der Waals surface area contributed by atoms with E-state index in [1.807, 2.05) is 32.9 Å². The van der Waals surface area contributed by atoms with E-state index in [1.165, 1.54) is 18.5 Å². The minimum absolute atomic E-state index is 0.0615. The third kappa shape index (κ3) is 4.17. The molecule has 31 heavy (non-hydrogen) atoms. The van der Waals surface area contributed by atoms with E-state index in [9.17, 15) is 9.50 Å². The fourth-order valence-corrected chi connectivity index (χ4v) is 3.64. The second-order valence-electron chi connectivity index (χ2n) is 7.21. The maximum atomic E-state index is 13.4. The van der Waals surface area contributed by atoms with Gasteiger partial charge in [0.15, 0.2) is 11.6 Å². The predicted octanol–water partition coefficient (Wildman–Crippen LogP) is 3.58. The van der Waals surface area contributed by atoms with Crippen LogP contribution in [-0.2, 0) is 13.0 Å². The average Bonchev–Trinajstić information content (AvgIpc) is 3.27. The van der Waals surface area contributed by atoms with Gasteiger partial charge in [-0.2, -0.15) is 10.2 Å². The van der Waals surface area contributed by atoms with Gasteiger partial charge in [0.25, 0.3) is 0 Å². The Kier molecular flexibility index (Phi) is 5.77. The molecule has 0 unspecified atom stereocenters. The van der Waals surface area contributed by atoms with E-state index in [4.69, 9.17) is 0 Å². The highest BCUT2D eigenvalue weighted by molar-refractivity contribution is 5.72. The number of aromatic nitrogens is 6. The van der Waals surface area contributed by atoms with Crippen molar-refractivity contribution in [3.63, 3.8) is 0 Å². The van der Waals surface area contributed by atoms with Gasteiger partial charge in [0.1, 0.15) is 18.0 Å². The van der Waals surface area contributed by atoms with Crippen molar-refractivity contribution >= 4 is 11.6 Å². The van der Waals surface area contributed by atoms with E-state index in [2.05, 4.69) is 25.5 Å². The quantitative estimate of drug-likeness (QED) is 0.474. The van der Waals surface area contributed by atoms with Crippen LogP contribution in [0.15, 0.2) is 42.7 Å². The minimum Gasteiger partial charge on any atom is -0.394 e. The molecular weight excluding hydrogens is 397 g/mol. The van der Waals surface area contributed by atoms with Crippen molar-refractivity contribution < 1.29 is 9.50 Å². The third-order valence-electron chi connectivity index (χ3n) is 4.96. The van der Waals surface area contributed by atoms with Crippen molar-refractivity contribution in [3.05, 3.63) is 65.5 Å². The van der Waals surface area contributed by atoms with Crippen LogP contribution >= 0.6 is 0 Å². The molecule has 0 fully saturated rings. The standard InChI is InChI=1S/C22H24FN7O/c1-4-18-21(16-5-7-17(23)8-6-16)29(9-10-31)28-22(18)26-19-12-20(25-13-24-19)30-15(3)11-14(2)27-30/h5-8,11-13,31H,4,9-10H2,1-3H3,(H,24,25,26,28). The van der Waals surface area contributed by atoms with Gasteiger partial charge in [-0.05, 0) is 50.6 Å². The maximum absolute atomic E-state index is 13.4. The lowest BCUT2D eigenvalue weighted by molar-refractivity contribution is 0.270. The van der Waals surface area contributed by atoms with Crippen molar-refractivity contribution in [2.75, 3.05) is 11.9 Å². The SMILES string of the molecule is CCc1c(Nc2cc(-n3nc(C)cc3C)ncn2)nn(CCO)c1-c1ccc(F)cc1. The van der Waals surface area contributed by atoms with Crippen molar-refractivity contribution in [1.29, 1.82) is 0 Å². The van der Waals surface area contributed by atoms with Crippen molar-refractivity contribution in [2.24, 2.45) is 0 Å². The Labute approximate surface area is 179 Å². The molecule has 1 aromatic carbocycles. The summed E-state index contributed by atoms with van der Waals surface area (Å²) in [6.07, 6.45) is 2.17. The van der Waals surface area contributed by atoms with E-state index in [0.29, 0.717) is 30.4 Å². The van der Waals surface area contributed by atoms with Gasteiger partial charge in [-0.1, -0.05) is 6.92 Å². The molecule has 0 bridgehead atoms. The number of nitrogens with zero attached hydrogens (tertiary/aromatic N) is 6. The lowest BCUT2D eigenvalue weighted by Gasteiger charge is -2.09. The number of anilines is 2. The molecule has 4 rings (SSSR count). The molecule has 9 heteroatoms. The molecule has 3 aromatic heterocycles. The Hall–Kier alpha value is -3.59. The Morgan fingerprint density at radius 1 is 1.06 bits per heavy atom. The minimum atomic E-state index is -0.300. The Balaban J connectivity index is 1.74. The molecule has 0 saturated heterocycles.